The van der Waals surface area contributed by atoms with Gasteiger partial charge >= 0.3 is 0 Å². The number of hydrogen-bond donors (Lipinski definition) is 2. The lowest BCUT2D eigenvalue weighted by Crippen LogP contribution is -2.41. The largest absolute Gasteiger partial charge is 0.347 e. The Morgan fingerprint density at radius 2 is 2.26 bits per heavy atom. The number of carbonyl (C=O) groups excluding carboxylic acids is 1. The Morgan fingerprint density at radius 1 is 1.48 bits per heavy atom. The summed E-state index contributed by atoms with van der Waals surface area (Å²) >= 11 is 7.60. The molecule has 2 aromatic rings. The first-order valence-corrected chi connectivity index (χ1v) is 9.76. The van der Waals surface area contributed by atoms with Crippen LogP contribution >= 0.6 is 22.9 Å². The van der Waals surface area contributed by atoms with Crippen LogP contribution in [0.25, 0.3) is 0 Å². The van der Waals surface area contributed by atoms with Gasteiger partial charge in [-0.3, -0.25) is 9.80 Å². The van der Waals surface area contributed by atoms with Crippen molar-refractivity contribution in [3.63, 3.8) is 0 Å². The third-order valence-electron chi connectivity index (χ3n) is 4.48. The number of rotatable bonds is 6. The van der Waals surface area contributed by atoms with E-state index in [1.54, 1.807) is 17.1 Å². The summed E-state index contributed by atoms with van der Waals surface area (Å²) in [6.45, 7) is 2.20. The van der Waals surface area contributed by atoms with E-state index >= 15 is 0 Å². The van der Waals surface area contributed by atoms with Crippen molar-refractivity contribution in [2.24, 2.45) is 16.1 Å². The van der Waals surface area contributed by atoms with Gasteiger partial charge in [0.15, 0.2) is 0 Å². The highest BCUT2D eigenvalue weighted by atomic mass is 35.5. The number of benzene rings is 1. The third kappa shape index (κ3) is 4.45. The highest BCUT2D eigenvalue weighted by Gasteiger charge is 2.32. The van der Waals surface area contributed by atoms with Gasteiger partial charge in [0, 0.05) is 25.2 Å². The number of nitrogens with two attached hydrogens (primary N) is 1. The molecule has 2 heterocycles. The Kier molecular flexibility index (Phi) is 6.08. The van der Waals surface area contributed by atoms with Crippen molar-refractivity contribution in [2.75, 3.05) is 13.6 Å². The van der Waals surface area contributed by atoms with Gasteiger partial charge in [-0.15, -0.1) is 11.3 Å². The summed E-state index contributed by atoms with van der Waals surface area (Å²) in [7, 11) is 1.83. The molecule has 2 unspecified atom stereocenters. The molecule has 0 bridgehead atoms. The molecule has 3 N–H and O–H groups in total. The topological polar surface area (TPSA) is 83.1 Å². The van der Waals surface area contributed by atoms with Crippen LogP contribution in [-0.2, 0) is 6.42 Å². The number of thiophene rings is 1. The Labute approximate surface area is 166 Å². The molecule has 144 valence electrons. The summed E-state index contributed by atoms with van der Waals surface area (Å²) in [4.78, 5) is 13.2. The second kappa shape index (κ2) is 8.33. The molecule has 1 aromatic carbocycles. The van der Waals surface area contributed by atoms with Crippen LogP contribution in [0.1, 0.15) is 33.8 Å². The second-order valence-corrected chi connectivity index (χ2v) is 8.20. The number of halogens is 2. The van der Waals surface area contributed by atoms with E-state index in [2.05, 4.69) is 15.7 Å². The molecule has 0 radical (unpaired) electrons. The van der Waals surface area contributed by atoms with Gasteiger partial charge in [0.2, 0.25) is 0 Å². The number of nitrogens with zero attached hydrogens (tertiary/aromatic N) is 3. The van der Waals surface area contributed by atoms with E-state index in [4.69, 9.17) is 17.3 Å². The Hall–Kier alpha value is -2.03. The molecule has 1 aromatic heterocycles. The quantitative estimate of drug-likeness (QED) is 0.764. The number of likely N-dealkylation sites (N-methyl/N-ethyl adjacent to an activating group) is 1. The van der Waals surface area contributed by atoms with Crippen molar-refractivity contribution in [1.29, 1.82) is 0 Å². The van der Waals surface area contributed by atoms with Gasteiger partial charge < -0.3 is 11.1 Å². The first kappa shape index (κ1) is 19.7. The predicted molar refractivity (Wildman–Crippen MR) is 105 cm³/mol. The summed E-state index contributed by atoms with van der Waals surface area (Å²) in [5.41, 5.74) is 7.41. The maximum atomic E-state index is 13.4. The molecule has 27 heavy (non-hydrogen) atoms. The zero-order valence-electron chi connectivity index (χ0n) is 15.0. The van der Waals surface area contributed by atoms with Crippen molar-refractivity contribution in [1.82, 2.24) is 10.3 Å². The van der Waals surface area contributed by atoms with Crippen molar-refractivity contribution in [3.05, 3.63) is 56.5 Å². The fraction of sp³-hybridized carbons (Fsp3) is 0.389. The first-order valence-electron chi connectivity index (χ1n) is 8.57. The lowest BCUT2D eigenvalue weighted by atomic mass is 10.0. The maximum absolute atomic E-state index is 13.4. The molecule has 3 rings (SSSR count). The van der Waals surface area contributed by atoms with Crippen LogP contribution in [0.4, 0.5) is 4.39 Å². The maximum Gasteiger partial charge on any atom is 0.261 e. The lowest BCUT2D eigenvalue weighted by Gasteiger charge is -2.19. The standard InChI is InChI=1S/C18H21ClFN5OS/c1-10-16(25(2)24-23-10)14-8-15(27-17(14)19)18(26)22-13(9-21)7-11-4-3-5-12(20)6-11/h3-6,8,10,13,16H,7,9,21H2,1-2H3,(H,22,26)/t10?,13-,16?/m0/s1. The number of carbonyl (C=O) groups is 1. The first-order chi connectivity index (χ1) is 12.9. The van der Waals surface area contributed by atoms with Crippen molar-refractivity contribution < 1.29 is 9.18 Å². The molecular formula is C18H21ClFN5OS. The van der Waals surface area contributed by atoms with Crippen molar-refractivity contribution in [2.45, 2.75) is 31.5 Å². The third-order valence-corrected chi connectivity index (χ3v) is 5.87. The van der Waals surface area contributed by atoms with Crippen LogP contribution in [0.5, 0.6) is 0 Å². The number of amides is 1. The van der Waals surface area contributed by atoms with Gasteiger partial charge in [0.05, 0.1) is 21.3 Å². The number of nitrogens with one attached hydrogen (secondary N) is 1. The predicted octanol–water partition coefficient (Wildman–Crippen LogP) is 3.58. The normalized spacial score (nSPS) is 20.1. The second-order valence-electron chi connectivity index (χ2n) is 6.54. The van der Waals surface area contributed by atoms with Gasteiger partial charge in [-0.05, 0) is 37.1 Å². The minimum Gasteiger partial charge on any atom is -0.347 e. The van der Waals surface area contributed by atoms with E-state index in [0.29, 0.717) is 15.6 Å². The molecule has 0 aliphatic carbocycles. The molecule has 9 heteroatoms. The van der Waals surface area contributed by atoms with Crippen molar-refractivity contribution in [3.8, 4) is 0 Å². The van der Waals surface area contributed by atoms with Gasteiger partial charge in [-0.25, -0.2) is 4.39 Å². The summed E-state index contributed by atoms with van der Waals surface area (Å²) < 4.78 is 13.9. The van der Waals surface area contributed by atoms with Gasteiger partial charge in [0.25, 0.3) is 5.91 Å². The summed E-state index contributed by atoms with van der Waals surface area (Å²) in [5, 5.41) is 12.8. The van der Waals surface area contributed by atoms with E-state index < -0.39 is 0 Å². The zero-order valence-corrected chi connectivity index (χ0v) is 16.6. The van der Waals surface area contributed by atoms with Gasteiger partial charge in [-0.2, -0.15) is 5.11 Å². The van der Waals surface area contributed by atoms with Crippen LogP contribution in [0.3, 0.4) is 0 Å². The fourth-order valence-corrected chi connectivity index (χ4v) is 4.39. The Bertz CT molecular complexity index is 846. The summed E-state index contributed by atoms with van der Waals surface area (Å²) in [6.07, 6.45) is 0.451. The zero-order chi connectivity index (χ0) is 19.6. The summed E-state index contributed by atoms with van der Waals surface area (Å²) in [5.74, 6) is -0.558. The average molecular weight is 410 g/mol. The average Bonchev–Trinajstić information content (AvgIpc) is 3.16. The highest BCUT2D eigenvalue weighted by molar-refractivity contribution is 7.18. The molecule has 1 aliphatic rings. The molecule has 1 aliphatic heterocycles. The van der Waals surface area contributed by atoms with E-state index in [-0.39, 0.29) is 36.4 Å². The molecule has 0 spiro atoms. The summed E-state index contributed by atoms with van der Waals surface area (Å²) in [6, 6.07) is 7.63. The van der Waals surface area contributed by atoms with Crippen LogP contribution in [0, 0.1) is 5.82 Å². The minimum atomic E-state index is -0.310. The fourth-order valence-electron chi connectivity index (χ4n) is 3.15. The van der Waals surface area contributed by atoms with Crippen molar-refractivity contribution >= 4 is 28.8 Å². The molecule has 1 amide bonds. The molecule has 6 nitrogen and oxygen atoms in total. The molecule has 0 saturated heterocycles. The van der Waals surface area contributed by atoms with E-state index in [9.17, 15) is 9.18 Å². The Morgan fingerprint density at radius 3 is 2.89 bits per heavy atom. The van der Waals surface area contributed by atoms with E-state index in [1.165, 1.54) is 23.5 Å². The SMILES string of the molecule is CC1N=NN(C)C1c1cc(C(=O)N[C@H](CN)Cc2cccc(F)c2)sc1Cl. The molecule has 0 saturated carbocycles. The smallest absolute Gasteiger partial charge is 0.261 e. The Balaban J connectivity index is 1.71. The van der Waals surface area contributed by atoms with Crippen LogP contribution < -0.4 is 11.1 Å². The molecule has 0 fully saturated rings. The highest BCUT2D eigenvalue weighted by Crippen LogP contribution is 2.39. The van der Waals surface area contributed by atoms with Gasteiger partial charge in [-0.1, -0.05) is 29.0 Å². The monoisotopic (exact) mass is 409 g/mol. The molecular weight excluding hydrogens is 389 g/mol. The lowest BCUT2D eigenvalue weighted by molar-refractivity contribution is 0.0942. The number of hydrogen-bond acceptors (Lipinski definition) is 6. The molecule has 3 atom stereocenters. The van der Waals surface area contributed by atoms with Gasteiger partial charge in [0.1, 0.15) is 5.82 Å². The van der Waals surface area contributed by atoms with Crippen LogP contribution in [-0.4, -0.2) is 36.6 Å². The van der Waals surface area contributed by atoms with Crippen LogP contribution in [0.2, 0.25) is 4.34 Å². The van der Waals surface area contributed by atoms with E-state index in [1.807, 2.05) is 20.0 Å². The van der Waals surface area contributed by atoms with Crippen LogP contribution in [0.15, 0.2) is 40.7 Å². The van der Waals surface area contributed by atoms with E-state index in [0.717, 1.165) is 11.1 Å². The minimum absolute atomic E-state index is 0.0391.